The lowest BCUT2D eigenvalue weighted by Crippen LogP contribution is -2.52. The molecule has 1 fully saturated rings. The Bertz CT molecular complexity index is 786. The Morgan fingerprint density at radius 2 is 2.12 bits per heavy atom. The van der Waals surface area contributed by atoms with Crippen LogP contribution < -0.4 is 10.2 Å². The molecule has 1 N–H and O–H groups in total. The summed E-state index contributed by atoms with van der Waals surface area (Å²) in [7, 11) is 0. The van der Waals surface area contributed by atoms with E-state index in [0.717, 1.165) is 43.6 Å². The van der Waals surface area contributed by atoms with E-state index in [1.807, 2.05) is 16.8 Å². The van der Waals surface area contributed by atoms with Gasteiger partial charge in [-0.25, -0.2) is 0 Å². The molecular formula is C18H21N5O2. The van der Waals surface area contributed by atoms with Gasteiger partial charge in [-0.1, -0.05) is 0 Å². The molecule has 0 aromatic carbocycles. The lowest BCUT2D eigenvalue weighted by atomic mass is 10.0. The van der Waals surface area contributed by atoms with Crippen LogP contribution in [-0.2, 0) is 17.8 Å². The van der Waals surface area contributed by atoms with Crippen LogP contribution in [0.1, 0.15) is 41.7 Å². The van der Waals surface area contributed by atoms with Crippen molar-refractivity contribution in [2.24, 2.45) is 0 Å². The number of hydrogen-bond donors (Lipinski definition) is 1. The topological polar surface area (TPSA) is 80.1 Å². The van der Waals surface area contributed by atoms with Gasteiger partial charge in [-0.2, -0.15) is 5.10 Å². The summed E-state index contributed by atoms with van der Waals surface area (Å²) in [4.78, 5) is 31.2. The molecule has 7 nitrogen and oxygen atoms in total. The molecule has 1 atom stereocenters. The van der Waals surface area contributed by atoms with Crippen LogP contribution in [0.3, 0.4) is 0 Å². The Morgan fingerprint density at radius 3 is 2.96 bits per heavy atom. The summed E-state index contributed by atoms with van der Waals surface area (Å²) >= 11 is 0. The van der Waals surface area contributed by atoms with Gasteiger partial charge in [-0.05, 0) is 44.2 Å². The zero-order valence-electron chi connectivity index (χ0n) is 14.0. The zero-order chi connectivity index (χ0) is 17.2. The molecule has 130 valence electrons. The van der Waals surface area contributed by atoms with E-state index in [1.165, 1.54) is 0 Å². The van der Waals surface area contributed by atoms with E-state index < -0.39 is 6.04 Å². The van der Waals surface area contributed by atoms with Gasteiger partial charge in [-0.15, -0.1) is 0 Å². The molecule has 2 aliphatic rings. The number of aryl methyl sites for hydroxylation is 1. The van der Waals surface area contributed by atoms with Gasteiger partial charge < -0.3 is 10.2 Å². The molecular weight excluding hydrogens is 318 g/mol. The van der Waals surface area contributed by atoms with Gasteiger partial charge in [0.15, 0.2) is 0 Å². The van der Waals surface area contributed by atoms with Gasteiger partial charge in [0.2, 0.25) is 5.91 Å². The summed E-state index contributed by atoms with van der Waals surface area (Å²) in [5, 5.41) is 7.22. The molecule has 2 aromatic heterocycles. The number of pyridine rings is 1. The highest BCUT2D eigenvalue weighted by Gasteiger charge is 2.32. The Morgan fingerprint density at radius 1 is 1.20 bits per heavy atom. The second kappa shape index (κ2) is 6.66. The number of fused-ring (bicyclic) bond motifs is 1. The molecule has 1 saturated heterocycles. The first-order valence-corrected chi connectivity index (χ1v) is 8.81. The molecule has 0 unspecified atom stereocenters. The Labute approximate surface area is 146 Å². The highest BCUT2D eigenvalue weighted by Crippen LogP contribution is 2.22. The Hall–Kier alpha value is -2.70. The van der Waals surface area contributed by atoms with Crippen molar-refractivity contribution in [3.63, 3.8) is 0 Å². The Balaban J connectivity index is 1.49. The number of carbonyl (C=O) groups excluding carboxylic acids is 2. The van der Waals surface area contributed by atoms with Crippen LogP contribution >= 0.6 is 0 Å². The predicted molar refractivity (Wildman–Crippen MR) is 92.2 cm³/mol. The van der Waals surface area contributed by atoms with E-state index in [1.54, 1.807) is 23.5 Å². The number of anilines is 1. The maximum absolute atomic E-state index is 12.8. The van der Waals surface area contributed by atoms with Crippen molar-refractivity contribution in [3.05, 3.63) is 42.0 Å². The highest BCUT2D eigenvalue weighted by molar-refractivity contribution is 6.03. The van der Waals surface area contributed by atoms with Crippen LogP contribution in [0.25, 0.3) is 0 Å². The average Bonchev–Trinajstić information content (AvgIpc) is 3.08. The third-order valence-electron chi connectivity index (χ3n) is 4.93. The van der Waals surface area contributed by atoms with Gasteiger partial charge in [0.25, 0.3) is 5.91 Å². The van der Waals surface area contributed by atoms with Crippen LogP contribution in [0.4, 0.5) is 5.69 Å². The number of hydrogen-bond acceptors (Lipinski definition) is 4. The quantitative estimate of drug-likeness (QED) is 0.920. The van der Waals surface area contributed by atoms with Crippen molar-refractivity contribution < 1.29 is 9.59 Å². The number of carbonyl (C=O) groups is 2. The van der Waals surface area contributed by atoms with Crippen molar-refractivity contribution in [1.82, 2.24) is 20.1 Å². The minimum atomic E-state index is -0.499. The second-order valence-electron chi connectivity index (χ2n) is 6.55. The number of piperidine rings is 1. The van der Waals surface area contributed by atoms with Crippen LogP contribution in [0.5, 0.6) is 0 Å². The van der Waals surface area contributed by atoms with Gasteiger partial charge in [0.1, 0.15) is 6.04 Å². The molecule has 4 rings (SSSR count). The van der Waals surface area contributed by atoms with E-state index in [0.29, 0.717) is 18.5 Å². The molecule has 2 aliphatic heterocycles. The minimum absolute atomic E-state index is 0.0753. The summed E-state index contributed by atoms with van der Waals surface area (Å²) in [6, 6.07) is 3.17. The van der Waals surface area contributed by atoms with E-state index in [2.05, 4.69) is 15.4 Å². The average molecular weight is 339 g/mol. The fraction of sp³-hybridized carbons (Fsp3) is 0.444. The van der Waals surface area contributed by atoms with Gasteiger partial charge in [-0.3, -0.25) is 19.3 Å². The summed E-state index contributed by atoms with van der Waals surface area (Å²) in [5.74, 6) is -0.275. The van der Waals surface area contributed by atoms with E-state index >= 15 is 0 Å². The number of nitrogens with one attached hydrogen (secondary N) is 1. The zero-order valence-corrected chi connectivity index (χ0v) is 14.0. The van der Waals surface area contributed by atoms with E-state index in [9.17, 15) is 9.59 Å². The monoisotopic (exact) mass is 339 g/mol. The lowest BCUT2D eigenvalue weighted by Gasteiger charge is -2.32. The van der Waals surface area contributed by atoms with Crippen LogP contribution in [0, 0.1) is 0 Å². The molecule has 0 saturated carbocycles. The predicted octanol–water partition coefficient (Wildman–Crippen LogP) is 1.54. The summed E-state index contributed by atoms with van der Waals surface area (Å²) in [5.41, 5.74) is 2.36. The molecule has 7 heteroatoms. The smallest absolute Gasteiger partial charge is 0.255 e. The third-order valence-corrected chi connectivity index (χ3v) is 4.93. The first-order chi connectivity index (χ1) is 12.2. The van der Waals surface area contributed by atoms with Crippen molar-refractivity contribution in [2.75, 3.05) is 11.4 Å². The molecule has 4 heterocycles. The molecule has 0 radical (unpaired) electrons. The number of nitrogens with zero attached hydrogens (tertiary/aromatic N) is 4. The normalized spacial score (nSPS) is 20.2. The van der Waals surface area contributed by atoms with E-state index in [4.69, 9.17) is 0 Å². The van der Waals surface area contributed by atoms with Crippen molar-refractivity contribution in [2.45, 2.75) is 44.7 Å². The van der Waals surface area contributed by atoms with Crippen LogP contribution in [0.2, 0.25) is 0 Å². The SMILES string of the molecule is O=C(N[C@@H]1CCCN(c2cccnc2)C1=O)c1cnn2c1CCCC2. The first kappa shape index (κ1) is 15.8. The Kier molecular flexibility index (Phi) is 4.21. The van der Waals surface area contributed by atoms with Gasteiger partial charge in [0.05, 0.1) is 29.3 Å². The van der Waals surface area contributed by atoms with Gasteiger partial charge >= 0.3 is 0 Å². The first-order valence-electron chi connectivity index (χ1n) is 8.81. The number of rotatable bonds is 3. The minimum Gasteiger partial charge on any atom is -0.340 e. The molecule has 0 bridgehead atoms. The maximum Gasteiger partial charge on any atom is 0.255 e. The van der Waals surface area contributed by atoms with Crippen LogP contribution in [-0.4, -0.2) is 39.2 Å². The molecule has 0 spiro atoms. The second-order valence-corrected chi connectivity index (χ2v) is 6.55. The third kappa shape index (κ3) is 3.01. The summed E-state index contributed by atoms with van der Waals surface area (Å²) in [6.07, 6.45) is 9.52. The van der Waals surface area contributed by atoms with Gasteiger partial charge in [0, 0.05) is 19.3 Å². The van der Waals surface area contributed by atoms with E-state index in [-0.39, 0.29) is 11.8 Å². The molecule has 25 heavy (non-hydrogen) atoms. The molecule has 2 amide bonds. The summed E-state index contributed by atoms with van der Waals surface area (Å²) in [6.45, 7) is 1.51. The maximum atomic E-state index is 12.8. The molecule has 0 aliphatic carbocycles. The van der Waals surface area contributed by atoms with Crippen molar-refractivity contribution >= 4 is 17.5 Å². The lowest BCUT2D eigenvalue weighted by molar-refractivity contribution is -0.121. The van der Waals surface area contributed by atoms with Crippen molar-refractivity contribution in [3.8, 4) is 0 Å². The number of amides is 2. The largest absolute Gasteiger partial charge is 0.340 e. The van der Waals surface area contributed by atoms with Crippen molar-refractivity contribution in [1.29, 1.82) is 0 Å². The highest BCUT2D eigenvalue weighted by atomic mass is 16.2. The summed E-state index contributed by atoms with van der Waals surface area (Å²) < 4.78 is 1.91. The number of aromatic nitrogens is 3. The fourth-order valence-corrected chi connectivity index (χ4v) is 3.63. The standard InChI is InChI=1S/C18H21N5O2/c24-17(14-12-20-23-10-2-1-7-16(14)23)21-15-6-4-9-22(18(15)25)13-5-3-8-19-11-13/h3,5,8,11-12,15H,1-2,4,6-7,9-10H2,(H,21,24)/t15-/m1/s1. The van der Waals surface area contributed by atoms with Crippen LogP contribution in [0.15, 0.2) is 30.7 Å². The molecule has 2 aromatic rings. The fourth-order valence-electron chi connectivity index (χ4n) is 3.63.